The molecule has 0 aliphatic carbocycles. The van der Waals surface area contributed by atoms with E-state index in [4.69, 9.17) is 5.73 Å². The first-order valence-electron chi connectivity index (χ1n) is 5.56. The topological polar surface area (TPSA) is 72.0 Å². The lowest BCUT2D eigenvalue weighted by Crippen LogP contribution is -2.34. The molecule has 0 bridgehead atoms. The molecule has 6 heteroatoms. The van der Waals surface area contributed by atoms with Crippen LogP contribution in [0.1, 0.15) is 32.5 Å². The van der Waals surface area contributed by atoms with E-state index < -0.39 is 0 Å². The number of hydrogen-bond donors (Lipinski definition) is 2. The summed E-state index contributed by atoms with van der Waals surface area (Å²) in [5, 5.41) is 9.33. The van der Waals surface area contributed by atoms with Gasteiger partial charge in [0.25, 0.3) is 0 Å². The summed E-state index contributed by atoms with van der Waals surface area (Å²) in [5.74, 6) is 0.869. The summed E-state index contributed by atoms with van der Waals surface area (Å²) in [6.07, 6.45) is 2.81. The monoisotopic (exact) mass is 261 g/mol. The predicted molar refractivity (Wildman–Crippen MR) is 68.9 cm³/mol. The fraction of sp³-hybridized carbons (Fsp3) is 0.800. The predicted octanol–water partition coefficient (Wildman–Crippen LogP) is 1.68. The molecule has 1 aromatic rings. The summed E-state index contributed by atoms with van der Waals surface area (Å²) in [4.78, 5) is 4.36. The van der Waals surface area contributed by atoms with E-state index in [2.05, 4.69) is 16.3 Å². The van der Waals surface area contributed by atoms with Crippen LogP contribution >= 0.6 is 23.3 Å². The Bertz CT molecular complexity index is 306. The van der Waals surface area contributed by atoms with Crippen LogP contribution in [0.2, 0.25) is 0 Å². The second-order valence-corrected chi connectivity index (χ2v) is 5.86. The quantitative estimate of drug-likeness (QED) is 0.731. The zero-order valence-electron chi connectivity index (χ0n) is 9.72. The highest BCUT2D eigenvalue weighted by molar-refractivity contribution is 8.01. The van der Waals surface area contributed by atoms with Crippen LogP contribution in [0.25, 0.3) is 0 Å². The van der Waals surface area contributed by atoms with Gasteiger partial charge in [-0.3, -0.25) is 0 Å². The molecule has 0 spiro atoms. The molecule has 1 rings (SSSR count). The Labute approximate surface area is 105 Å². The van der Waals surface area contributed by atoms with Crippen LogP contribution in [0, 0.1) is 0 Å². The van der Waals surface area contributed by atoms with Crippen molar-refractivity contribution in [2.75, 3.05) is 6.61 Å². The van der Waals surface area contributed by atoms with Gasteiger partial charge in [-0.25, -0.2) is 4.98 Å². The fourth-order valence-corrected chi connectivity index (χ4v) is 3.29. The molecule has 16 heavy (non-hydrogen) atoms. The third-order valence-electron chi connectivity index (χ3n) is 2.30. The molecule has 1 heterocycles. The van der Waals surface area contributed by atoms with Crippen LogP contribution in [0.5, 0.6) is 0 Å². The smallest absolute Gasteiger partial charge is 0.170 e. The van der Waals surface area contributed by atoms with Gasteiger partial charge >= 0.3 is 0 Å². The van der Waals surface area contributed by atoms with Gasteiger partial charge in [-0.05, 0) is 18.0 Å². The molecule has 4 nitrogen and oxygen atoms in total. The second kappa shape index (κ2) is 7.21. The van der Waals surface area contributed by atoms with Crippen molar-refractivity contribution in [1.82, 2.24) is 9.36 Å². The van der Waals surface area contributed by atoms with Gasteiger partial charge in [-0.2, -0.15) is 4.37 Å². The van der Waals surface area contributed by atoms with Crippen molar-refractivity contribution in [3.63, 3.8) is 0 Å². The second-order valence-electron chi connectivity index (χ2n) is 3.62. The molecular weight excluding hydrogens is 242 g/mol. The highest BCUT2D eigenvalue weighted by atomic mass is 32.2. The Kier molecular flexibility index (Phi) is 6.26. The molecule has 3 N–H and O–H groups in total. The van der Waals surface area contributed by atoms with Crippen LogP contribution < -0.4 is 5.73 Å². The molecule has 0 fully saturated rings. The van der Waals surface area contributed by atoms with Crippen molar-refractivity contribution in [1.29, 1.82) is 0 Å². The molecule has 92 valence electrons. The average molecular weight is 261 g/mol. The number of aliphatic hydroxyl groups excluding tert-OH is 1. The van der Waals surface area contributed by atoms with Gasteiger partial charge in [-0.15, -0.1) is 0 Å². The highest BCUT2D eigenvalue weighted by Gasteiger charge is 2.19. The molecule has 0 aliphatic rings. The molecule has 0 aliphatic heterocycles. The molecule has 0 saturated carbocycles. The van der Waals surface area contributed by atoms with Crippen LogP contribution in [0.3, 0.4) is 0 Å². The minimum absolute atomic E-state index is 0.0222. The van der Waals surface area contributed by atoms with E-state index in [-0.39, 0.29) is 17.9 Å². The molecule has 2 unspecified atom stereocenters. The first kappa shape index (κ1) is 13.9. The normalized spacial score (nSPS) is 15.0. The lowest BCUT2D eigenvalue weighted by molar-refractivity contribution is 0.279. The molecule has 0 radical (unpaired) electrons. The summed E-state index contributed by atoms with van der Waals surface area (Å²) >= 11 is 2.93. The maximum atomic E-state index is 9.30. The zero-order chi connectivity index (χ0) is 12.0. The molecule has 0 amide bonds. The fourth-order valence-electron chi connectivity index (χ4n) is 1.34. The maximum absolute atomic E-state index is 9.30. The van der Waals surface area contributed by atoms with Crippen molar-refractivity contribution in [2.45, 2.75) is 48.7 Å². The van der Waals surface area contributed by atoms with E-state index in [1.165, 1.54) is 11.5 Å². The Morgan fingerprint density at radius 3 is 2.75 bits per heavy atom. The number of aromatic nitrogens is 2. The van der Waals surface area contributed by atoms with Crippen molar-refractivity contribution in [3.8, 4) is 0 Å². The number of thioether (sulfide) groups is 1. The van der Waals surface area contributed by atoms with Gasteiger partial charge in [0, 0.05) is 12.5 Å². The standard InChI is InChI=1S/C10H19N3OS2/c1-3-5-7(11)8(6-14)15-10-12-9(4-2)13-16-10/h7-8,14H,3-6,11H2,1-2H3. The summed E-state index contributed by atoms with van der Waals surface area (Å²) < 4.78 is 5.12. The largest absolute Gasteiger partial charge is 0.395 e. The van der Waals surface area contributed by atoms with Gasteiger partial charge in [0.05, 0.1) is 11.9 Å². The number of nitrogens with two attached hydrogens (primary N) is 1. The SMILES string of the molecule is CCCC(N)C(CO)Sc1nc(CC)ns1. The zero-order valence-corrected chi connectivity index (χ0v) is 11.4. The maximum Gasteiger partial charge on any atom is 0.170 e. The number of aliphatic hydroxyl groups is 1. The molecule has 1 aromatic heterocycles. The van der Waals surface area contributed by atoms with E-state index in [0.717, 1.165) is 29.4 Å². The summed E-state index contributed by atoms with van der Waals surface area (Å²) in [6, 6.07) is 0.0222. The number of aryl methyl sites for hydroxylation is 1. The lowest BCUT2D eigenvalue weighted by Gasteiger charge is -2.19. The van der Waals surface area contributed by atoms with Gasteiger partial charge in [0.1, 0.15) is 5.82 Å². The summed E-state index contributed by atoms with van der Waals surface area (Å²) in [6.45, 7) is 4.22. The van der Waals surface area contributed by atoms with Gasteiger partial charge in [0.2, 0.25) is 0 Å². The van der Waals surface area contributed by atoms with Crippen LogP contribution in [0.4, 0.5) is 0 Å². The minimum atomic E-state index is 0.0222. The van der Waals surface area contributed by atoms with E-state index in [0.29, 0.717) is 0 Å². The number of rotatable bonds is 7. The highest BCUT2D eigenvalue weighted by Crippen LogP contribution is 2.27. The first-order chi connectivity index (χ1) is 7.71. The van der Waals surface area contributed by atoms with Crippen LogP contribution in [-0.4, -0.2) is 32.4 Å². The third-order valence-corrected chi connectivity index (χ3v) is 4.45. The Morgan fingerprint density at radius 2 is 2.25 bits per heavy atom. The Hall–Kier alpha value is -0.170. The van der Waals surface area contributed by atoms with Gasteiger partial charge in [-0.1, -0.05) is 32.0 Å². The molecule has 0 aromatic carbocycles. The van der Waals surface area contributed by atoms with Crippen molar-refractivity contribution in [2.24, 2.45) is 5.73 Å². The van der Waals surface area contributed by atoms with Crippen LogP contribution in [0.15, 0.2) is 4.34 Å². The molecular formula is C10H19N3OS2. The third kappa shape index (κ3) is 4.01. The number of hydrogen-bond acceptors (Lipinski definition) is 6. The van der Waals surface area contributed by atoms with Crippen LogP contribution in [-0.2, 0) is 6.42 Å². The average Bonchev–Trinajstić information content (AvgIpc) is 2.73. The van der Waals surface area contributed by atoms with Crippen molar-refractivity contribution in [3.05, 3.63) is 5.82 Å². The van der Waals surface area contributed by atoms with E-state index in [1.54, 1.807) is 11.8 Å². The summed E-state index contributed by atoms with van der Waals surface area (Å²) in [7, 11) is 0. The van der Waals surface area contributed by atoms with Gasteiger partial charge < -0.3 is 10.8 Å². The Morgan fingerprint density at radius 1 is 1.50 bits per heavy atom. The Balaban J connectivity index is 2.55. The molecule has 0 saturated heterocycles. The summed E-state index contributed by atoms with van der Waals surface area (Å²) in [5.41, 5.74) is 6.00. The van der Waals surface area contributed by atoms with E-state index >= 15 is 0 Å². The lowest BCUT2D eigenvalue weighted by atomic mass is 10.1. The molecule has 2 atom stereocenters. The van der Waals surface area contributed by atoms with E-state index in [9.17, 15) is 5.11 Å². The van der Waals surface area contributed by atoms with E-state index in [1.807, 2.05) is 6.92 Å². The van der Waals surface area contributed by atoms with Crippen molar-refractivity contribution >= 4 is 23.3 Å². The van der Waals surface area contributed by atoms with Crippen molar-refractivity contribution < 1.29 is 5.11 Å². The van der Waals surface area contributed by atoms with Gasteiger partial charge in [0.15, 0.2) is 4.34 Å². The first-order valence-corrected chi connectivity index (χ1v) is 7.22. The minimum Gasteiger partial charge on any atom is -0.395 e. The number of nitrogens with zero attached hydrogens (tertiary/aromatic N) is 2.